The molecule has 3 N–H and O–H groups in total. The Labute approximate surface area is 129 Å². The highest BCUT2D eigenvalue weighted by Crippen LogP contribution is 2.21. The molecule has 0 saturated heterocycles. The summed E-state index contributed by atoms with van der Waals surface area (Å²) in [6.07, 6.45) is 9.74. The number of aliphatic hydroxyl groups is 1. The van der Waals surface area contributed by atoms with E-state index in [0.717, 1.165) is 12.3 Å². The average Bonchev–Trinajstić information content (AvgIpc) is 2.47. The first-order valence-electron chi connectivity index (χ1n) is 8.99. The van der Waals surface area contributed by atoms with Gasteiger partial charge in [0.1, 0.15) is 0 Å². The standard InChI is InChI=1S/C7H15N.C7H16O.2C2H6/c1-6-2-4-7(8)5-3-6;1-3-4-5-6-7(2)8;2*1-2/h6-7H,2-5,8H2,1H3;7-8H,3-6H2,1-2H3;2*1-2H3. The Morgan fingerprint density at radius 2 is 1.45 bits per heavy atom. The topological polar surface area (TPSA) is 46.2 Å². The van der Waals surface area contributed by atoms with Gasteiger partial charge >= 0.3 is 0 Å². The Kier molecular flexibility index (Phi) is 26.4. The maximum absolute atomic E-state index is 8.78. The summed E-state index contributed by atoms with van der Waals surface area (Å²) < 4.78 is 0. The van der Waals surface area contributed by atoms with Crippen LogP contribution in [0.15, 0.2) is 0 Å². The molecule has 0 bridgehead atoms. The molecule has 0 spiro atoms. The van der Waals surface area contributed by atoms with Crippen molar-refractivity contribution in [3.8, 4) is 0 Å². The maximum atomic E-state index is 8.78. The Hall–Kier alpha value is -0.0800. The van der Waals surface area contributed by atoms with Crippen molar-refractivity contribution in [2.75, 3.05) is 0 Å². The van der Waals surface area contributed by atoms with E-state index < -0.39 is 0 Å². The van der Waals surface area contributed by atoms with Gasteiger partial charge in [-0.2, -0.15) is 0 Å². The molecule has 1 rings (SSSR count). The van der Waals surface area contributed by atoms with E-state index in [4.69, 9.17) is 10.8 Å². The summed E-state index contributed by atoms with van der Waals surface area (Å²) in [6, 6.07) is 0.520. The predicted molar refractivity (Wildman–Crippen MR) is 94.1 cm³/mol. The van der Waals surface area contributed by atoms with Crippen molar-refractivity contribution in [1.29, 1.82) is 0 Å². The zero-order chi connectivity index (χ0) is 16.4. The van der Waals surface area contributed by atoms with Crippen LogP contribution in [0.25, 0.3) is 0 Å². The van der Waals surface area contributed by atoms with Crippen molar-refractivity contribution in [3.63, 3.8) is 0 Å². The average molecular weight is 290 g/mol. The van der Waals surface area contributed by atoms with E-state index >= 15 is 0 Å². The second-order valence-corrected chi connectivity index (χ2v) is 5.36. The fraction of sp³-hybridized carbons (Fsp3) is 1.00. The van der Waals surface area contributed by atoms with Crippen molar-refractivity contribution in [3.05, 3.63) is 0 Å². The van der Waals surface area contributed by atoms with Crippen molar-refractivity contribution in [1.82, 2.24) is 0 Å². The lowest BCUT2D eigenvalue weighted by molar-refractivity contribution is 0.180. The Bertz CT molecular complexity index is 130. The predicted octanol–water partition coefficient (Wildman–Crippen LogP) is 5.52. The third-order valence-electron chi connectivity index (χ3n) is 3.29. The molecule has 1 aliphatic rings. The van der Waals surface area contributed by atoms with Crippen LogP contribution in [-0.4, -0.2) is 17.3 Å². The fourth-order valence-electron chi connectivity index (χ4n) is 1.98. The molecular formula is C18H43NO. The summed E-state index contributed by atoms with van der Waals surface area (Å²) in [7, 11) is 0. The van der Waals surface area contributed by atoms with Gasteiger partial charge in [0.2, 0.25) is 0 Å². The van der Waals surface area contributed by atoms with Gasteiger partial charge in [0.25, 0.3) is 0 Å². The van der Waals surface area contributed by atoms with Gasteiger partial charge in [-0.3, -0.25) is 0 Å². The molecule has 0 aromatic heterocycles. The summed E-state index contributed by atoms with van der Waals surface area (Å²) in [5, 5.41) is 8.78. The van der Waals surface area contributed by atoms with Gasteiger partial charge in [-0.1, -0.05) is 60.8 Å². The van der Waals surface area contributed by atoms with Gasteiger partial charge in [0, 0.05) is 6.04 Å². The minimum Gasteiger partial charge on any atom is -0.393 e. The van der Waals surface area contributed by atoms with Gasteiger partial charge < -0.3 is 10.8 Å². The van der Waals surface area contributed by atoms with Gasteiger partial charge in [-0.05, 0) is 44.9 Å². The monoisotopic (exact) mass is 289 g/mol. The minimum atomic E-state index is -0.0958. The molecule has 0 radical (unpaired) electrons. The second kappa shape index (κ2) is 21.2. The van der Waals surface area contributed by atoms with E-state index in [0.29, 0.717) is 6.04 Å². The van der Waals surface area contributed by atoms with Crippen molar-refractivity contribution >= 4 is 0 Å². The summed E-state index contributed by atoms with van der Waals surface area (Å²) in [5.41, 5.74) is 5.70. The van der Waals surface area contributed by atoms with Gasteiger partial charge in [-0.25, -0.2) is 0 Å². The van der Waals surface area contributed by atoms with Crippen LogP contribution < -0.4 is 5.73 Å². The molecule has 0 aliphatic heterocycles. The normalized spacial score (nSPS) is 22.1. The lowest BCUT2D eigenvalue weighted by atomic mass is 9.88. The summed E-state index contributed by atoms with van der Waals surface area (Å²) in [6.45, 7) is 14.3. The summed E-state index contributed by atoms with van der Waals surface area (Å²) in [5.74, 6) is 0.940. The number of aliphatic hydroxyl groups excluding tert-OH is 1. The highest BCUT2D eigenvalue weighted by molar-refractivity contribution is 4.70. The van der Waals surface area contributed by atoms with Crippen LogP contribution in [0.5, 0.6) is 0 Å². The van der Waals surface area contributed by atoms with Crippen LogP contribution in [0, 0.1) is 5.92 Å². The third kappa shape index (κ3) is 23.0. The van der Waals surface area contributed by atoms with E-state index in [1.165, 1.54) is 44.9 Å². The molecule has 2 heteroatoms. The Morgan fingerprint density at radius 3 is 1.75 bits per heavy atom. The number of hydrogen-bond donors (Lipinski definition) is 2. The molecule has 1 aliphatic carbocycles. The van der Waals surface area contributed by atoms with Crippen molar-refractivity contribution < 1.29 is 5.11 Å². The molecule has 2 nitrogen and oxygen atoms in total. The third-order valence-corrected chi connectivity index (χ3v) is 3.29. The first kappa shape index (κ1) is 24.9. The maximum Gasteiger partial charge on any atom is 0.0512 e. The van der Waals surface area contributed by atoms with E-state index in [-0.39, 0.29) is 6.10 Å². The first-order valence-corrected chi connectivity index (χ1v) is 8.99. The molecule has 0 heterocycles. The van der Waals surface area contributed by atoms with Crippen molar-refractivity contribution in [2.45, 2.75) is 112 Å². The molecule has 20 heavy (non-hydrogen) atoms. The molecule has 1 saturated carbocycles. The second-order valence-electron chi connectivity index (χ2n) is 5.36. The van der Waals surface area contributed by atoms with Crippen LogP contribution >= 0.6 is 0 Å². The quantitative estimate of drug-likeness (QED) is 0.669. The van der Waals surface area contributed by atoms with Gasteiger partial charge in [-0.15, -0.1) is 0 Å². The van der Waals surface area contributed by atoms with Crippen LogP contribution in [0.2, 0.25) is 0 Å². The lowest BCUT2D eigenvalue weighted by Crippen LogP contribution is -2.25. The summed E-state index contributed by atoms with van der Waals surface area (Å²) in [4.78, 5) is 0. The van der Waals surface area contributed by atoms with Gasteiger partial charge in [0.15, 0.2) is 0 Å². The van der Waals surface area contributed by atoms with Gasteiger partial charge in [0.05, 0.1) is 6.10 Å². The highest BCUT2D eigenvalue weighted by atomic mass is 16.3. The molecule has 0 aromatic rings. The lowest BCUT2D eigenvalue weighted by Gasteiger charge is -2.22. The highest BCUT2D eigenvalue weighted by Gasteiger charge is 2.13. The molecule has 1 fully saturated rings. The van der Waals surface area contributed by atoms with E-state index in [2.05, 4.69) is 13.8 Å². The first-order chi connectivity index (χ1) is 9.56. The molecule has 126 valence electrons. The molecule has 1 atom stereocenters. The van der Waals surface area contributed by atoms with Crippen LogP contribution in [-0.2, 0) is 0 Å². The van der Waals surface area contributed by atoms with E-state index in [9.17, 15) is 0 Å². The molecule has 1 unspecified atom stereocenters. The number of rotatable bonds is 4. The summed E-state index contributed by atoms with van der Waals surface area (Å²) >= 11 is 0. The molecule has 0 amide bonds. The van der Waals surface area contributed by atoms with Crippen LogP contribution in [0.3, 0.4) is 0 Å². The molecular weight excluding hydrogens is 246 g/mol. The number of unbranched alkanes of at least 4 members (excludes halogenated alkanes) is 2. The van der Waals surface area contributed by atoms with E-state index in [1.807, 2.05) is 34.6 Å². The van der Waals surface area contributed by atoms with E-state index in [1.54, 1.807) is 0 Å². The van der Waals surface area contributed by atoms with Crippen LogP contribution in [0.1, 0.15) is 99.8 Å². The number of hydrogen-bond acceptors (Lipinski definition) is 2. The van der Waals surface area contributed by atoms with Crippen molar-refractivity contribution in [2.24, 2.45) is 11.7 Å². The smallest absolute Gasteiger partial charge is 0.0512 e. The zero-order valence-electron chi connectivity index (χ0n) is 15.4. The minimum absolute atomic E-state index is 0.0958. The van der Waals surface area contributed by atoms with Crippen LogP contribution in [0.4, 0.5) is 0 Å². The molecule has 0 aromatic carbocycles. The Morgan fingerprint density at radius 1 is 1.00 bits per heavy atom. The number of nitrogens with two attached hydrogens (primary N) is 1. The fourth-order valence-corrected chi connectivity index (χ4v) is 1.98. The zero-order valence-corrected chi connectivity index (χ0v) is 15.4. The largest absolute Gasteiger partial charge is 0.393 e. The Balaban J connectivity index is -0.000000231. The SMILES string of the molecule is CC.CC.CC1CCC(N)CC1.CCCCCC(C)O.